The first kappa shape index (κ1) is 15.7. The lowest BCUT2D eigenvalue weighted by Gasteiger charge is -2.34. The number of hydrogen-bond donors (Lipinski definition) is 0. The van der Waals surface area contributed by atoms with Gasteiger partial charge < -0.3 is 4.74 Å². The topological polar surface area (TPSA) is 42.4 Å². The summed E-state index contributed by atoms with van der Waals surface area (Å²) in [5.74, 6) is -1.37. The molecule has 0 radical (unpaired) electrons. The standard InChI is InChI=1S/C16H13ClF2N2O2/c1-2-11-4-3-5-13-14(11)23-16(18,19)15(22)21(13)9-10-6-12(17)8-20-7-10/h3-8H,2,9H2,1H3. The van der Waals surface area contributed by atoms with Crippen LogP contribution < -0.4 is 9.64 Å². The number of hydrogen-bond acceptors (Lipinski definition) is 3. The Morgan fingerprint density at radius 3 is 2.83 bits per heavy atom. The Hall–Kier alpha value is -2.21. The first-order valence-electron chi connectivity index (χ1n) is 7.02. The molecule has 23 heavy (non-hydrogen) atoms. The molecule has 1 aromatic carbocycles. The molecule has 0 N–H and O–H groups in total. The van der Waals surface area contributed by atoms with E-state index < -0.39 is 12.0 Å². The number of halogens is 3. The minimum atomic E-state index is -3.90. The number of benzene rings is 1. The van der Waals surface area contributed by atoms with E-state index in [4.69, 9.17) is 11.6 Å². The third-order valence-electron chi connectivity index (χ3n) is 3.57. The number of rotatable bonds is 3. The van der Waals surface area contributed by atoms with E-state index >= 15 is 0 Å². The molecule has 0 atom stereocenters. The fraction of sp³-hybridized carbons (Fsp3) is 0.250. The molecule has 7 heteroatoms. The monoisotopic (exact) mass is 338 g/mol. The van der Waals surface area contributed by atoms with Crippen LogP contribution in [-0.4, -0.2) is 17.0 Å². The SMILES string of the molecule is CCc1cccc2c1OC(F)(F)C(=O)N2Cc1cncc(Cl)c1. The van der Waals surface area contributed by atoms with Crippen LogP contribution in [0.15, 0.2) is 36.7 Å². The van der Waals surface area contributed by atoms with Crippen molar-refractivity contribution in [2.24, 2.45) is 0 Å². The summed E-state index contributed by atoms with van der Waals surface area (Å²) in [5.41, 5.74) is 1.49. The highest BCUT2D eigenvalue weighted by Gasteiger charge is 2.51. The van der Waals surface area contributed by atoms with Crippen LogP contribution in [0.5, 0.6) is 5.75 Å². The van der Waals surface area contributed by atoms with Gasteiger partial charge >= 0.3 is 12.0 Å². The number of aryl methyl sites for hydroxylation is 1. The Bertz CT molecular complexity index is 767. The van der Waals surface area contributed by atoms with E-state index in [1.165, 1.54) is 12.4 Å². The van der Waals surface area contributed by atoms with Crippen molar-refractivity contribution < 1.29 is 18.3 Å². The van der Waals surface area contributed by atoms with Gasteiger partial charge in [-0.2, -0.15) is 8.78 Å². The van der Waals surface area contributed by atoms with Crippen molar-refractivity contribution in [1.29, 1.82) is 0 Å². The maximum Gasteiger partial charge on any atom is 0.483 e. The van der Waals surface area contributed by atoms with Crippen LogP contribution in [0, 0.1) is 0 Å². The van der Waals surface area contributed by atoms with Crippen molar-refractivity contribution in [3.8, 4) is 5.75 Å². The minimum Gasteiger partial charge on any atom is -0.423 e. The molecule has 1 amide bonds. The number of carbonyl (C=O) groups excluding carboxylic acids is 1. The molecule has 1 aliphatic heterocycles. The highest BCUT2D eigenvalue weighted by Crippen LogP contribution is 2.42. The van der Waals surface area contributed by atoms with Crippen LogP contribution in [0.1, 0.15) is 18.1 Å². The number of ether oxygens (including phenoxy) is 1. The van der Waals surface area contributed by atoms with E-state index in [0.717, 1.165) is 4.90 Å². The summed E-state index contributed by atoms with van der Waals surface area (Å²) in [5, 5.41) is 0.373. The predicted octanol–water partition coefficient (Wildman–Crippen LogP) is 3.82. The van der Waals surface area contributed by atoms with Crippen LogP contribution >= 0.6 is 11.6 Å². The Balaban J connectivity index is 2.07. The molecule has 0 unspecified atom stereocenters. The van der Waals surface area contributed by atoms with Crippen molar-refractivity contribution >= 4 is 23.2 Å². The number of fused-ring (bicyclic) bond motifs is 1. The Morgan fingerprint density at radius 1 is 1.35 bits per heavy atom. The third-order valence-corrected chi connectivity index (χ3v) is 3.78. The maximum absolute atomic E-state index is 14.0. The lowest BCUT2D eigenvalue weighted by atomic mass is 10.1. The summed E-state index contributed by atoms with van der Waals surface area (Å²) in [6.07, 6.45) is -0.468. The largest absolute Gasteiger partial charge is 0.483 e. The Morgan fingerprint density at radius 2 is 2.13 bits per heavy atom. The predicted molar refractivity (Wildman–Crippen MR) is 81.8 cm³/mol. The van der Waals surface area contributed by atoms with Gasteiger partial charge in [0.25, 0.3) is 0 Å². The molecule has 4 nitrogen and oxygen atoms in total. The zero-order chi connectivity index (χ0) is 16.6. The van der Waals surface area contributed by atoms with E-state index in [2.05, 4.69) is 9.72 Å². The van der Waals surface area contributed by atoms with Crippen LogP contribution in [0.2, 0.25) is 5.02 Å². The molecule has 3 rings (SSSR count). The van der Waals surface area contributed by atoms with Gasteiger partial charge in [0, 0.05) is 12.4 Å². The van der Waals surface area contributed by atoms with E-state index in [9.17, 15) is 13.6 Å². The van der Waals surface area contributed by atoms with Crippen molar-refractivity contribution in [2.45, 2.75) is 26.0 Å². The average molecular weight is 339 g/mol. The molecule has 0 bridgehead atoms. The van der Waals surface area contributed by atoms with Gasteiger partial charge in [-0.25, -0.2) is 0 Å². The van der Waals surface area contributed by atoms with Crippen LogP contribution in [0.3, 0.4) is 0 Å². The van der Waals surface area contributed by atoms with E-state index in [1.54, 1.807) is 24.3 Å². The minimum absolute atomic E-state index is 0.0367. The molecule has 1 aromatic heterocycles. The highest BCUT2D eigenvalue weighted by atomic mass is 35.5. The van der Waals surface area contributed by atoms with Gasteiger partial charge in [0.1, 0.15) is 0 Å². The zero-order valence-corrected chi connectivity index (χ0v) is 13.0. The van der Waals surface area contributed by atoms with E-state index in [1.807, 2.05) is 6.92 Å². The van der Waals surface area contributed by atoms with Crippen molar-refractivity contribution in [3.63, 3.8) is 0 Å². The van der Waals surface area contributed by atoms with Crippen LogP contribution in [0.4, 0.5) is 14.5 Å². The second kappa shape index (κ2) is 5.77. The lowest BCUT2D eigenvalue weighted by molar-refractivity contribution is -0.193. The average Bonchev–Trinajstić information content (AvgIpc) is 2.51. The molecule has 0 saturated heterocycles. The first-order valence-corrected chi connectivity index (χ1v) is 7.40. The van der Waals surface area contributed by atoms with Crippen LogP contribution in [-0.2, 0) is 17.8 Å². The molecule has 0 fully saturated rings. The molecule has 0 saturated carbocycles. The summed E-state index contributed by atoms with van der Waals surface area (Å²) in [6, 6.07) is 6.57. The van der Waals surface area contributed by atoms with Gasteiger partial charge in [0.15, 0.2) is 5.75 Å². The number of aromatic nitrogens is 1. The zero-order valence-electron chi connectivity index (χ0n) is 12.2. The third kappa shape index (κ3) is 2.86. The fourth-order valence-electron chi connectivity index (χ4n) is 2.50. The number of nitrogens with zero attached hydrogens (tertiary/aromatic N) is 2. The van der Waals surface area contributed by atoms with Crippen molar-refractivity contribution in [3.05, 3.63) is 52.8 Å². The number of anilines is 1. The number of amides is 1. The maximum atomic E-state index is 14.0. The molecular formula is C16H13ClF2N2O2. The summed E-state index contributed by atoms with van der Waals surface area (Å²) >= 11 is 5.86. The fourth-order valence-corrected chi connectivity index (χ4v) is 2.70. The molecule has 2 aromatic rings. The van der Waals surface area contributed by atoms with Crippen molar-refractivity contribution in [1.82, 2.24) is 4.98 Å². The van der Waals surface area contributed by atoms with Gasteiger partial charge in [-0.15, -0.1) is 0 Å². The lowest BCUT2D eigenvalue weighted by Crippen LogP contribution is -2.50. The highest BCUT2D eigenvalue weighted by molar-refractivity contribution is 6.30. The number of carbonyl (C=O) groups is 1. The second-order valence-corrected chi connectivity index (χ2v) is 5.58. The van der Waals surface area contributed by atoms with E-state index in [-0.39, 0.29) is 12.3 Å². The summed E-state index contributed by atoms with van der Waals surface area (Å²) in [6.45, 7) is 1.77. The smallest absolute Gasteiger partial charge is 0.423 e. The summed E-state index contributed by atoms with van der Waals surface area (Å²) < 4.78 is 32.6. The van der Waals surface area contributed by atoms with Gasteiger partial charge in [-0.1, -0.05) is 30.7 Å². The molecule has 0 aliphatic carbocycles. The molecular weight excluding hydrogens is 326 g/mol. The van der Waals surface area contributed by atoms with E-state index in [0.29, 0.717) is 28.3 Å². The number of alkyl halides is 2. The van der Waals surface area contributed by atoms with Crippen molar-refractivity contribution in [2.75, 3.05) is 4.90 Å². The molecule has 120 valence electrons. The van der Waals surface area contributed by atoms with Gasteiger partial charge in [0.2, 0.25) is 0 Å². The Kier molecular flexibility index (Phi) is 3.93. The summed E-state index contributed by atoms with van der Waals surface area (Å²) in [4.78, 5) is 17.0. The quantitative estimate of drug-likeness (QED) is 0.854. The number of pyridine rings is 1. The van der Waals surface area contributed by atoms with Crippen LogP contribution in [0.25, 0.3) is 0 Å². The summed E-state index contributed by atoms with van der Waals surface area (Å²) in [7, 11) is 0. The van der Waals surface area contributed by atoms with Gasteiger partial charge in [-0.3, -0.25) is 14.7 Å². The molecule has 1 aliphatic rings. The Labute approximate surface area is 136 Å². The van der Waals surface area contributed by atoms with Gasteiger partial charge in [-0.05, 0) is 29.7 Å². The normalized spacial score (nSPS) is 16.0. The second-order valence-electron chi connectivity index (χ2n) is 5.14. The molecule has 0 spiro atoms. The number of para-hydroxylation sites is 1. The van der Waals surface area contributed by atoms with Gasteiger partial charge in [0.05, 0.1) is 17.3 Å². The molecule has 2 heterocycles. The first-order chi connectivity index (χ1) is 10.9.